The third kappa shape index (κ3) is 4.07. The summed E-state index contributed by atoms with van der Waals surface area (Å²) in [5.74, 6) is 1.81. The zero-order chi connectivity index (χ0) is 14.6. The Balaban J connectivity index is 3.27. The van der Waals surface area contributed by atoms with E-state index >= 15 is 0 Å². The second-order valence-electron chi connectivity index (χ2n) is 6.02. The van der Waals surface area contributed by atoms with E-state index in [1.54, 1.807) is 0 Å². The fourth-order valence-corrected chi connectivity index (χ4v) is 2.15. The molecule has 1 aromatic rings. The van der Waals surface area contributed by atoms with Crippen molar-refractivity contribution in [2.75, 3.05) is 18.0 Å². The summed E-state index contributed by atoms with van der Waals surface area (Å²) in [7, 11) is 0. The van der Waals surface area contributed by atoms with Gasteiger partial charge in [0, 0.05) is 24.1 Å². The summed E-state index contributed by atoms with van der Waals surface area (Å²) >= 11 is 6.29. The average molecular weight is 284 g/mol. The second kappa shape index (κ2) is 6.56. The molecule has 0 aliphatic carbocycles. The molecule has 0 aliphatic rings. The predicted octanol–water partition coefficient (Wildman–Crippen LogP) is 4.36. The van der Waals surface area contributed by atoms with Crippen LogP contribution in [0.25, 0.3) is 0 Å². The highest BCUT2D eigenvalue weighted by Crippen LogP contribution is 2.28. The van der Waals surface area contributed by atoms with Crippen LogP contribution in [0.3, 0.4) is 0 Å². The molecule has 0 saturated heterocycles. The third-order valence-corrected chi connectivity index (χ3v) is 3.39. The molecule has 1 rings (SSSR count). The van der Waals surface area contributed by atoms with Crippen LogP contribution in [0.5, 0.6) is 0 Å². The van der Waals surface area contributed by atoms with Crippen LogP contribution in [-0.4, -0.2) is 23.1 Å². The Hall–Kier alpha value is -0.830. The number of anilines is 1. The summed E-state index contributed by atoms with van der Waals surface area (Å²) in [5, 5.41) is 0.576. The third-order valence-electron chi connectivity index (χ3n) is 3.02. The van der Waals surface area contributed by atoms with Crippen molar-refractivity contribution in [3.63, 3.8) is 0 Å². The first-order chi connectivity index (χ1) is 8.81. The first kappa shape index (κ1) is 16.2. The van der Waals surface area contributed by atoms with Crippen LogP contribution in [0.1, 0.15) is 58.8 Å². The summed E-state index contributed by atoms with van der Waals surface area (Å²) in [4.78, 5) is 11.5. The van der Waals surface area contributed by atoms with Crippen LogP contribution < -0.4 is 4.90 Å². The van der Waals surface area contributed by atoms with E-state index in [1.165, 1.54) is 0 Å². The average Bonchev–Trinajstić information content (AvgIpc) is 2.31. The second-order valence-corrected chi connectivity index (χ2v) is 6.38. The molecule has 1 aromatic heterocycles. The van der Waals surface area contributed by atoms with E-state index in [-0.39, 0.29) is 5.41 Å². The van der Waals surface area contributed by atoms with Crippen molar-refractivity contribution in [1.29, 1.82) is 0 Å². The summed E-state index contributed by atoms with van der Waals surface area (Å²) in [5.41, 5.74) is 0.896. The monoisotopic (exact) mass is 283 g/mol. The molecular formula is C15H26ClN3. The van der Waals surface area contributed by atoms with Crippen molar-refractivity contribution >= 4 is 17.4 Å². The Labute approximate surface area is 122 Å². The summed E-state index contributed by atoms with van der Waals surface area (Å²) in [6, 6.07) is 0. The molecule has 0 fully saturated rings. The minimum absolute atomic E-state index is 0.0871. The van der Waals surface area contributed by atoms with Crippen LogP contribution in [0.15, 0.2) is 0 Å². The van der Waals surface area contributed by atoms with E-state index in [2.05, 4.69) is 44.5 Å². The molecule has 1 heterocycles. The first-order valence-electron chi connectivity index (χ1n) is 7.10. The van der Waals surface area contributed by atoms with Crippen molar-refractivity contribution < 1.29 is 0 Å². The van der Waals surface area contributed by atoms with Gasteiger partial charge in [-0.1, -0.05) is 46.2 Å². The molecular weight excluding hydrogens is 258 g/mol. The van der Waals surface area contributed by atoms with Gasteiger partial charge < -0.3 is 4.90 Å². The van der Waals surface area contributed by atoms with E-state index in [4.69, 9.17) is 16.6 Å². The van der Waals surface area contributed by atoms with E-state index < -0.39 is 0 Å². The summed E-state index contributed by atoms with van der Waals surface area (Å²) in [6.45, 7) is 14.7. The van der Waals surface area contributed by atoms with Crippen LogP contribution in [-0.2, 0) is 5.41 Å². The van der Waals surface area contributed by atoms with E-state index in [1.807, 2.05) is 6.92 Å². The van der Waals surface area contributed by atoms with E-state index in [0.29, 0.717) is 5.15 Å². The minimum Gasteiger partial charge on any atom is -0.356 e. The molecule has 0 amide bonds. The quantitative estimate of drug-likeness (QED) is 0.752. The molecule has 0 aromatic carbocycles. The van der Waals surface area contributed by atoms with Gasteiger partial charge in [0.15, 0.2) is 0 Å². The standard InChI is InChI=1S/C15H26ClN3/c1-7-9-19(10-8-2)13-11(3)12(16)17-14(18-13)15(4,5)6/h7-10H2,1-6H3. The number of aromatic nitrogens is 2. The van der Waals surface area contributed by atoms with Crippen molar-refractivity contribution in [3.05, 3.63) is 16.5 Å². The van der Waals surface area contributed by atoms with Gasteiger partial charge >= 0.3 is 0 Å². The van der Waals surface area contributed by atoms with E-state index in [0.717, 1.165) is 43.1 Å². The van der Waals surface area contributed by atoms with Gasteiger partial charge in [0.1, 0.15) is 16.8 Å². The molecule has 0 unspecified atom stereocenters. The zero-order valence-electron chi connectivity index (χ0n) is 13.0. The van der Waals surface area contributed by atoms with E-state index in [9.17, 15) is 0 Å². The van der Waals surface area contributed by atoms with Crippen LogP contribution >= 0.6 is 11.6 Å². The molecule has 19 heavy (non-hydrogen) atoms. The SMILES string of the molecule is CCCN(CCC)c1nc(C(C)(C)C)nc(Cl)c1C. The highest BCUT2D eigenvalue weighted by molar-refractivity contribution is 6.30. The lowest BCUT2D eigenvalue weighted by molar-refractivity contribution is 0.542. The maximum Gasteiger partial charge on any atom is 0.137 e. The normalized spacial score (nSPS) is 11.7. The summed E-state index contributed by atoms with van der Waals surface area (Å²) < 4.78 is 0. The molecule has 0 N–H and O–H groups in total. The van der Waals surface area contributed by atoms with Gasteiger partial charge in [-0.05, 0) is 19.8 Å². The maximum atomic E-state index is 6.29. The fraction of sp³-hybridized carbons (Fsp3) is 0.733. The molecule has 0 bridgehead atoms. The van der Waals surface area contributed by atoms with Crippen molar-refractivity contribution in [1.82, 2.24) is 9.97 Å². The lowest BCUT2D eigenvalue weighted by Crippen LogP contribution is -2.28. The van der Waals surface area contributed by atoms with Gasteiger partial charge in [0.05, 0.1) is 0 Å². The molecule has 0 radical (unpaired) electrons. The van der Waals surface area contributed by atoms with Gasteiger partial charge in [0.25, 0.3) is 0 Å². The first-order valence-corrected chi connectivity index (χ1v) is 7.48. The number of rotatable bonds is 5. The Morgan fingerprint density at radius 2 is 1.58 bits per heavy atom. The van der Waals surface area contributed by atoms with Crippen molar-refractivity contribution in [2.24, 2.45) is 0 Å². The Bertz CT molecular complexity index is 418. The zero-order valence-corrected chi connectivity index (χ0v) is 13.8. The maximum absolute atomic E-state index is 6.29. The topological polar surface area (TPSA) is 29.0 Å². The van der Waals surface area contributed by atoms with Crippen molar-refractivity contribution in [3.8, 4) is 0 Å². The Morgan fingerprint density at radius 3 is 2.00 bits per heavy atom. The van der Waals surface area contributed by atoms with Crippen LogP contribution in [0.2, 0.25) is 5.15 Å². The van der Waals surface area contributed by atoms with Gasteiger partial charge in [0.2, 0.25) is 0 Å². The molecule has 108 valence electrons. The van der Waals surface area contributed by atoms with Gasteiger partial charge in [-0.2, -0.15) is 0 Å². The van der Waals surface area contributed by atoms with Crippen LogP contribution in [0.4, 0.5) is 5.82 Å². The highest BCUT2D eigenvalue weighted by Gasteiger charge is 2.22. The lowest BCUT2D eigenvalue weighted by Gasteiger charge is -2.27. The number of hydrogen-bond acceptors (Lipinski definition) is 3. The minimum atomic E-state index is -0.0871. The molecule has 3 nitrogen and oxygen atoms in total. The highest BCUT2D eigenvalue weighted by atomic mass is 35.5. The van der Waals surface area contributed by atoms with Gasteiger partial charge in [-0.3, -0.25) is 0 Å². The molecule has 0 spiro atoms. The molecule has 0 saturated carbocycles. The smallest absolute Gasteiger partial charge is 0.137 e. The fourth-order valence-electron chi connectivity index (χ4n) is 1.98. The lowest BCUT2D eigenvalue weighted by atomic mass is 9.95. The van der Waals surface area contributed by atoms with Crippen LogP contribution in [0, 0.1) is 6.92 Å². The number of hydrogen-bond donors (Lipinski definition) is 0. The van der Waals surface area contributed by atoms with Gasteiger partial charge in [-0.25, -0.2) is 9.97 Å². The molecule has 0 atom stereocenters. The van der Waals surface area contributed by atoms with Crippen molar-refractivity contribution in [2.45, 2.75) is 59.8 Å². The molecule has 4 heteroatoms. The Kier molecular flexibility index (Phi) is 5.60. The number of nitrogens with zero attached hydrogens (tertiary/aromatic N) is 3. The summed E-state index contributed by atoms with van der Waals surface area (Å²) in [6.07, 6.45) is 2.21. The number of halogens is 1. The van der Waals surface area contributed by atoms with Gasteiger partial charge in [-0.15, -0.1) is 0 Å². The Morgan fingerprint density at radius 1 is 1.05 bits per heavy atom. The predicted molar refractivity (Wildman–Crippen MR) is 83.3 cm³/mol. The molecule has 0 aliphatic heterocycles. The largest absolute Gasteiger partial charge is 0.356 e.